The summed E-state index contributed by atoms with van der Waals surface area (Å²) in [5.41, 5.74) is 0. The van der Waals surface area contributed by atoms with Crippen molar-refractivity contribution < 1.29 is 14.2 Å². The van der Waals surface area contributed by atoms with Crippen LogP contribution in [0.3, 0.4) is 0 Å². The van der Waals surface area contributed by atoms with Crippen LogP contribution in [0.25, 0.3) is 0 Å². The summed E-state index contributed by atoms with van der Waals surface area (Å²) < 4.78 is 15.5. The molecule has 0 aliphatic heterocycles. The van der Waals surface area contributed by atoms with Crippen LogP contribution >= 0.6 is 0 Å². The molecule has 0 heterocycles. The molecule has 0 aliphatic rings. The third kappa shape index (κ3) is 14.9. The van der Waals surface area contributed by atoms with Gasteiger partial charge in [-0.3, -0.25) is 0 Å². The topological polar surface area (TPSA) is 27.7 Å². The Hall–Kier alpha value is -1.12. The van der Waals surface area contributed by atoms with Crippen molar-refractivity contribution in [1.29, 1.82) is 0 Å². The third-order valence-corrected chi connectivity index (χ3v) is 2.19. The van der Waals surface area contributed by atoms with Crippen LogP contribution in [0.15, 0.2) is 25.0 Å². The minimum absolute atomic E-state index is 0.755. The van der Waals surface area contributed by atoms with Crippen molar-refractivity contribution in [3.05, 3.63) is 25.0 Å². The molecule has 0 rings (SSSR count). The van der Waals surface area contributed by atoms with Crippen LogP contribution in [0.1, 0.15) is 52.4 Å². The van der Waals surface area contributed by atoms with E-state index in [1.807, 2.05) is 0 Å². The van der Waals surface area contributed by atoms with Gasteiger partial charge in [-0.25, -0.2) is 0 Å². The van der Waals surface area contributed by atoms with Gasteiger partial charge in [0.2, 0.25) is 0 Å². The molecule has 0 saturated heterocycles. The molecule has 3 heteroatoms. The van der Waals surface area contributed by atoms with Crippen LogP contribution in [0.5, 0.6) is 0 Å². The normalized spacial score (nSPS) is 11.2. The van der Waals surface area contributed by atoms with Crippen LogP contribution < -0.4 is 0 Å². The van der Waals surface area contributed by atoms with Gasteiger partial charge in [-0.2, -0.15) is 0 Å². The van der Waals surface area contributed by atoms with Gasteiger partial charge in [-0.05, 0) is 12.8 Å². The van der Waals surface area contributed by atoms with Crippen LogP contribution in [0, 0.1) is 0 Å². The summed E-state index contributed by atoms with van der Waals surface area (Å²) >= 11 is 0. The average molecular weight is 242 g/mol. The molecule has 100 valence electrons. The molecule has 0 bridgehead atoms. The number of hydrogen-bond donors (Lipinski definition) is 0. The first-order chi connectivity index (χ1) is 8.41. The fourth-order valence-corrected chi connectivity index (χ4v) is 1.19. The number of ether oxygens (including phenoxy) is 3. The van der Waals surface area contributed by atoms with E-state index in [2.05, 4.69) is 13.8 Å². The summed E-state index contributed by atoms with van der Waals surface area (Å²) in [7, 11) is 0. The molecule has 0 aromatic carbocycles. The molecule has 0 atom stereocenters. The Kier molecular flexibility index (Phi) is 13.9. The fourth-order valence-electron chi connectivity index (χ4n) is 1.19. The molecule has 0 aliphatic carbocycles. The van der Waals surface area contributed by atoms with Crippen LogP contribution in [0.2, 0.25) is 0 Å². The quantitative estimate of drug-likeness (QED) is 0.376. The van der Waals surface area contributed by atoms with Gasteiger partial charge in [-0.15, -0.1) is 0 Å². The van der Waals surface area contributed by atoms with E-state index in [1.54, 1.807) is 12.5 Å². The van der Waals surface area contributed by atoms with E-state index in [9.17, 15) is 0 Å². The summed E-state index contributed by atoms with van der Waals surface area (Å²) in [6.45, 7) is 5.85. The Bertz CT molecular complexity index is 168. The van der Waals surface area contributed by atoms with Gasteiger partial charge in [0, 0.05) is 0 Å². The minimum atomic E-state index is 0.755. The maximum absolute atomic E-state index is 5.22. The van der Waals surface area contributed by atoms with Crippen LogP contribution in [0.4, 0.5) is 0 Å². The molecule has 17 heavy (non-hydrogen) atoms. The molecule has 0 saturated carbocycles. The fraction of sp³-hybridized carbons (Fsp3) is 0.714. The molecular formula is C14H26O3. The zero-order valence-electron chi connectivity index (χ0n) is 11.2. The lowest BCUT2D eigenvalue weighted by molar-refractivity contribution is 0.216. The molecule has 0 aromatic heterocycles. The lowest BCUT2D eigenvalue weighted by atomic mass is 10.3. The highest BCUT2D eigenvalue weighted by atomic mass is 16.5. The first-order valence-electron chi connectivity index (χ1n) is 6.60. The summed E-state index contributed by atoms with van der Waals surface area (Å²) in [6, 6.07) is 0. The molecule has 3 nitrogen and oxygen atoms in total. The van der Waals surface area contributed by atoms with Crippen LogP contribution in [-0.2, 0) is 14.2 Å². The van der Waals surface area contributed by atoms with Crippen molar-refractivity contribution in [1.82, 2.24) is 0 Å². The molecule has 0 fully saturated rings. The lowest BCUT2D eigenvalue weighted by Gasteiger charge is -1.99. The van der Waals surface area contributed by atoms with E-state index in [-0.39, 0.29) is 0 Å². The van der Waals surface area contributed by atoms with Gasteiger partial charge >= 0.3 is 0 Å². The van der Waals surface area contributed by atoms with Crippen molar-refractivity contribution in [2.24, 2.45) is 0 Å². The monoisotopic (exact) mass is 242 g/mol. The summed E-state index contributed by atoms with van der Waals surface area (Å²) in [6.07, 6.45) is 13.2. The van der Waals surface area contributed by atoms with Crippen molar-refractivity contribution in [3.63, 3.8) is 0 Å². The van der Waals surface area contributed by atoms with E-state index in [0.29, 0.717) is 0 Å². The predicted octanol–water partition coefficient (Wildman–Crippen LogP) is 4.36. The third-order valence-electron chi connectivity index (χ3n) is 2.19. The maximum Gasteiger partial charge on any atom is 0.125 e. The minimum Gasteiger partial charge on any atom is -0.498 e. The van der Waals surface area contributed by atoms with Crippen molar-refractivity contribution >= 4 is 0 Å². The number of rotatable bonds is 12. The van der Waals surface area contributed by atoms with E-state index in [4.69, 9.17) is 14.2 Å². The predicted molar refractivity (Wildman–Crippen MR) is 70.3 cm³/mol. The Labute approximate surface area is 105 Å². The summed E-state index contributed by atoms with van der Waals surface area (Å²) in [4.78, 5) is 0. The Morgan fingerprint density at radius 3 is 1.53 bits per heavy atom. The first-order valence-corrected chi connectivity index (χ1v) is 6.60. The molecule has 0 aromatic rings. The lowest BCUT2D eigenvalue weighted by Crippen LogP contribution is -1.87. The SMILES string of the molecule is CCCCCOC=COC=COCCCCC. The molecule has 0 radical (unpaired) electrons. The van der Waals surface area contributed by atoms with E-state index < -0.39 is 0 Å². The molecular weight excluding hydrogens is 216 g/mol. The highest BCUT2D eigenvalue weighted by molar-refractivity contribution is 4.69. The van der Waals surface area contributed by atoms with Crippen molar-refractivity contribution in [2.45, 2.75) is 52.4 Å². The highest BCUT2D eigenvalue weighted by Crippen LogP contribution is 1.95. The second kappa shape index (κ2) is 14.9. The van der Waals surface area contributed by atoms with Gasteiger partial charge in [0.25, 0.3) is 0 Å². The van der Waals surface area contributed by atoms with E-state index in [0.717, 1.165) is 26.1 Å². The van der Waals surface area contributed by atoms with Crippen molar-refractivity contribution in [2.75, 3.05) is 13.2 Å². The van der Waals surface area contributed by atoms with E-state index >= 15 is 0 Å². The van der Waals surface area contributed by atoms with Gasteiger partial charge in [-0.1, -0.05) is 39.5 Å². The molecule has 0 unspecified atom stereocenters. The zero-order chi connectivity index (χ0) is 12.6. The van der Waals surface area contributed by atoms with E-state index in [1.165, 1.54) is 38.2 Å². The standard InChI is InChI=1S/C14H26O3/c1-3-5-7-9-15-11-13-17-14-12-16-10-8-6-4-2/h11-14H,3-10H2,1-2H3. The smallest absolute Gasteiger partial charge is 0.125 e. The van der Waals surface area contributed by atoms with Crippen molar-refractivity contribution in [3.8, 4) is 0 Å². The second-order valence-electron chi connectivity index (χ2n) is 3.84. The highest BCUT2D eigenvalue weighted by Gasteiger charge is 1.84. The zero-order valence-corrected chi connectivity index (χ0v) is 11.2. The second-order valence-corrected chi connectivity index (χ2v) is 3.84. The molecule has 0 spiro atoms. The number of hydrogen-bond acceptors (Lipinski definition) is 3. The summed E-state index contributed by atoms with van der Waals surface area (Å²) in [5, 5.41) is 0. The van der Waals surface area contributed by atoms with Crippen LogP contribution in [-0.4, -0.2) is 13.2 Å². The maximum atomic E-state index is 5.22. The summed E-state index contributed by atoms with van der Waals surface area (Å²) in [5.74, 6) is 0. The Balaban J connectivity index is 3.14. The largest absolute Gasteiger partial charge is 0.498 e. The Morgan fingerprint density at radius 1 is 0.647 bits per heavy atom. The first kappa shape index (κ1) is 15.9. The van der Waals surface area contributed by atoms with Gasteiger partial charge < -0.3 is 14.2 Å². The molecule has 0 amide bonds. The van der Waals surface area contributed by atoms with Gasteiger partial charge in [0.1, 0.15) is 25.0 Å². The van der Waals surface area contributed by atoms with Gasteiger partial charge in [0.15, 0.2) is 0 Å². The van der Waals surface area contributed by atoms with Gasteiger partial charge in [0.05, 0.1) is 13.2 Å². The average Bonchev–Trinajstić information content (AvgIpc) is 2.35. The molecule has 0 N–H and O–H groups in total. The number of unbranched alkanes of at least 4 members (excludes halogenated alkanes) is 4. The Morgan fingerprint density at radius 2 is 1.12 bits per heavy atom.